The molecule has 0 unspecified atom stereocenters. The summed E-state index contributed by atoms with van der Waals surface area (Å²) >= 11 is 0. The number of sulfonamides is 1. The fourth-order valence-electron chi connectivity index (χ4n) is 2.17. The Morgan fingerprint density at radius 1 is 1.08 bits per heavy atom. The zero-order valence-corrected chi connectivity index (χ0v) is 15.3. The van der Waals surface area contributed by atoms with Crippen molar-refractivity contribution >= 4 is 27.3 Å². The van der Waals surface area contributed by atoms with Crippen LogP contribution in [0.2, 0.25) is 0 Å². The monoisotopic (exact) mass is 377 g/mol. The molecule has 1 amide bonds. The van der Waals surface area contributed by atoms with Crippen molar-refractivity contribution in [2.75, 3.05) is 5.32 Å². The fourth-order valence-corrected chi connectivity index (χ4v) is 3.63. The number of non-ortho nitro benzene ring substituents is 1. The number of nitro benzene ring substituents is 1. The van der Waals surface area contributed by atoms with Crippen LogP contribution in [0.4, 0.5) is 11.4 Å². The zero-order chi connectivity index (χ0) is 19.5. The van der Waals surface area contributed by atoms with Crippen LogP contribution in [-0.2, 0) is 10.0 Å². The molecule has 2 N–H and O–H groups in total. The van der Waals surface area contributed by atoms with Crippen LogP contribution in [0.15, 0.2) is 53.4 Å². The van der Waals surface area contributed by atoms with E-state index in [1.54, 1.807) is 20.8 Å². The summed E-state index contributed by atoms with van der Waals surface area (Å²) in [5.74, 6) is -0.577. The lowest BCUT2D eigenvalue weighted by Crippen LogP contribution is -2.40. The van der Waals surface area contributed by atoms with Crippen molar-refractivity contribution in [2.45, 2.75) is 31.2 Å². The first-order valence-electron chi connectivity index (χ1n) is 7.68. The highest BCUT2D eigenvalue weighted by Gasteiger charge is 2.22. The number of carbonyl (C=O) groups excluding carboxylic acids is 1. The average molecular weight is 377 g/mol. The van der Waals surface area contributed by atoms with Gasteiger partial charge in [-0.05, 0) is 45.0 Å². The lowest BCUT2D eigenvalue weighted by molar-refractivity contribution is -0.384. The molecular weight excluding hydrogens is 358 g/mol. The van der Waals surface area contributed by atoms with Gasteiger partial charge in [-0.1, -0.05) is 12.1 Å². The molecule has 0 bridgehead atoms. The molecule has 2 rings (SSSR count). The minimum absolute atomic E-state index is 0.00395. The van der Waals surface area contributed by atoms with E-state index in [0.29, 0.717) is 0 Å². The summed E-state index contributed by atoms with van der Waals surface area (Å²) in [6.45, 7) is 5.16. The van der Waals surface area contributed by atoms with Crippen LogP contribution in [0.1, 0.15) is 31.1 Å². The van der Waals surface area contributed by atoms with E-state index in [1.807, 2.05) is 0 Å². The molecule has 2 aromatic carbocycles. The van der Waals surface area contributed by atoms with Gasteiger partial charge in [0.25, 0.3) is 11.6 Å². The quantitative estimate of drug-likeness (QED) is 0.613. The molecular formula is C17H19N3O5S. The standard InChI is InChI=1S/C17H19N3O5S/c1-17(2,3)19-26(24,25)15-9-5-7-13(11-15)18-16(21)12-6-4-8-14(10-12)20(22)23/h4-11,19H,1-3H3,(H,18,21). The summed E-state index contributed by atoms with van der Waals surface area (Å²) in [6.07, 6.45) is 0. The van der Waals surface area contributed by atoms with Crippen LogP contribution in [0.25, 0.3) is 0 Å². The van der Waals surface area contributed by atoms with Crippen molar-refractivity contribution in [3.63, 3.8) is 0 Å². The van der Waals surface area contributed by atoms with E-state index in [1.165, 1.54) is 42.5 Å². The summed E-state index contributed by atoms with van der Waals surface area (Å²) < 4.78 is 27.3. The maximum Gasteiger partial charge on any atom is 0.270 e. The number of benzene rings is 2. The molecule has 0 saturated carbocycles. The van der Waals surface area contributed by atoms with Gasteiger partial charge in [-0.15, -0.1) is 0 Å². The highest BCUT2D eigenvalue weighted by Crippen LogP contribution is 2.19. The molecule has 2 aromatic rings. The number of nitrogens with zero attached hydrogens (tertiary/aromatic N) is 1. The minimum atomic E-state index is -3.75. The highest BCUT2D eigenvalue weighted by molar-refractivity contribution is 7.89. The maximum absolute atomic E-state index is 12.4. The van der Waals surface area contributed by atoms with Gasteiger partial charge < -0.3 is 5.32 Å². The molecule has 0 aliphatic heterocycles. The third-order valence-corrected chi connectivity index (χ3v) is 4.92. The van der Waals surface area contributed by atoms with E-state index < -0.39 is 26.4 Å². The van der Waals surface area contributed by atoms with Gasteiger partial charge in [0.05, 0.1) is 9.82 Å². The van der Waals surface area contributed by atoms with Gasteiger partial charge in [0, 0.05) is 28.9 Å². The van der Waals surface area contributed by atoms with E-state index >= 15 is 0 Å². The molecule has 0 aliphatic carbocycles. The predicted octanol–water partition coefficient (Wildman–Crippen LogP) is 2.92. The number of nitrogens with one attached hydrogen (secondary N) is 2. The van der Waals surface area contributed by atoms with E-state index in [0.717, 1.165) is 6.07 Å². The molecule has 0 atom stereocenters. The SMILES string of the molecule is CC(C)(C)NS(=O)(=O)c1cccc(NC(=O)c2cccc([N+](=O)[O-])c2)c1. The van der Waals surface area contributed by atoms with Crippen molar-refractivity contribution in [3.05, 3.63) is 64.2 Å². The lowest BCUT2D eigenvalue weighted by atomic mass is 10.1. The van der Waals surface area contributed by atoms with Crippen LogP contribution in [-0.4, -0.2) is 24.8 Å². The summed E-state index contributed by atoms with van der Waals surface area (Å²) in [7, 11) is -3.75. The number of hydrogen-bond acceptors (Lipinski definition) is 5. The topological polar surface area (TPSA) is 118 Å². The van der Waals surface area contributed by atoms with E-state index in [2.05, 4.69) is 10.0 Å². The Morgan fingerprint density at radius 3 is 2.35 bits per heavy atom. The summed E-state index contributed by atoms with van der Waals surface area (Å²) in [5, 5.41) is 13.3. The van der Waals surface area contributed by atoms with Crippen LogP contribution < -0.4 is 10.0 Å². The molecule has 0 heterocycles. The van der Waals surface area contributed by atoms with Crippen LogP contribution in [0.5, 0.6) is 0 Å². The van der Waals surface area contributed by atoms with Crippen LogP contribution >= 0.6 is 0 Å². The highest BCUT2D eigenvalue weighted by atomic mass is 32.2. The molecule has 0 radical (unpaired) electrons. The molecule has 0 fully saturated rings. The Labute approximate surface area is 151 Å². The number of rotatable bonds is 5. The van der Waals surface area contributed by atoms with Gasteiger partial charge in [-0.3, -0.25) is 14.9 Å². The Bertz CT molecular complexity index is 949. The molecule has 138 valence electrons. The van der Waals surface area contributed by atoms with Crippen molar-refractivity contribution in [3.8, 4) is 0 Å². The van der Waals surface area contributed by atoms with Crippen LogP contribution in [0.3, 0.4) is 0 Å². The first-order chi connectivity index (χ1) is 12.0. The zero-order valence-electron chi connectivity index (χ0n) is 14.5. The number of carbonyl (C=O) groups is 1. The van der Waals surface area contributed by atoms with Gasteiger partial charge in [0.15, 0.2) is 0 Å². The summed E-state index contributed by atoms with van der Waals surface area (Å²) in [6, 6.07) is 11.0. The summed E-state index contributed by atoms with van der Waals surface area (Å²) in [5.41, 5.74) is -0.497. The number of anilines is 1. The molecule has 0 spiro atoms. The first-order valence-corrected chi connectivity index (χ1v) is 9.16. The number of nitro groups is 1. The molecule has 0 aliphatic rings. The summed E-state index contributed by atoms with van der Waals surface area (Å²) in [4.78, 5) is 22.5. The second-order valence-electron chi connectivity index (χ2n) is 6.64. The van der Waals surface area contributed by atoms with Crippen molar-refractivity contribution in [1.82, 2.24) is 4.72 Å². The molecule has 0 aromatic heterocycles. The van der Waals surface area contributed by atoms with Gasteiger partial charge >= 0.3 is 0 Å². The Hall–Kier alpha value is -2.78. The number of amides is 1. The van der Waals surface area contributed by atoms with Crippen molar-refractivity contribution in [2.24, 2.45) is 0 Å². The normalized spacial score (nSPS) is 11.8. The predicted molar refractivity (Wildman–Crippen MR) is 97.6 cm³/mol. The first kappa shape index (κ1) is 19.5. The maximum atomic E-state index is 12.4. The Morgan fingerprint density at radius 2 is 1.73 bits per heavy atom. The molecule has 9 heteroatoms. The largest absolute Gasteiger partial charge is 0.322 e. The molecule has 8 nitrogen and oxygen atoms in total. The third kappa shape index (κ3) is 5.11. The van der Waals surface area contributed by atoms with Crippen molar-refractivity contribution < 1.29 is 18.1 Å². The van der Waals surface area contributed by atoms with Gasteiger partial charge in [-0.25, -0.2) is 13.1 Å². The average Bonchev–Trinajstić information content (AvgIpc) is 2.53. The van der Waals surface area contributed by atoms with E-state index in [4.69, 9.17) is 0 Å². The second-order valence-corrected chi connectivity index (χ2v) is 8.33. The third-order valence-electron chi connectivity index (χ3n) is 3.16. The fraction of sp³-hybridized carbons (Fsp3) is 0.235. The Kier molecular flexibility index (Phi) is 5.43. The van der Waals surface area contributed by atoms with E-state index in [9.17, 15) is 23.3 Å². The smallest absolute Gasteiger partial charge is 0.270 e. The Balaban J connectivity index is 2.25. The lowest BCUT2D eigenvalue weighted by Gasteiger charge is -2.20. The van der Waals surface area contributed by atoms with Gasteiger partial charge in [-0.2, -0.15) is 0 Å². The molecule has 26 heavy (non-hydrogen) atoms. The second kappa shape index (κ2) is 7.22. The van der Waals surface area contributed by atoms with E-state index in [-0.39, 0.29) is 21.8 Å². The van der Waals surface area contributed by atoms with Crippen LogP contribution in [0, 0.1) is 10.1 Å². The van der Waals surface area contributed by atoms with Crippen molar-refractivity contribution in [1.29, 1.82) is 0 Å². The minimum Gasteiger partial charge on any atom is -0.322 e. The number of hydrogen-bond donors (Lipinski definition) is 2. The van der Waals surface area contributed by atoms with Gasteiger partial charge in [0.2, 0.25) is 10.0 Å². The molecule has 0 saturated heterocycles. The van der Waals surface area contributed by atoms with Gasteiger partial charge in [0.1, 0.15) is 0 Å².